The van der Waals surface area contributed by atoms with Crippen molar-refractivity contribution in [1.82, 2.24) is 29.1 Å². The first-order valence-corrected chi connectivity index (χ1v) is 17.2. The van der Waals surface area contributed by atoms with Crippen LogP contribution in [0.4, 0.5) is 30.5 Å². The van der Waals surface area contributed by atoms with Crippen molar-refractivity contribution in [1.29, 1.82) is 0 Å². The van der Waals surface area contributed by atoms with Crippen LogP contribution in [-0.2, 0) is 15.6 Å². The van der Waals surface area contributed by atoms with Gasteiger partial charge >= 0.3 is 6.18 Å². The minimum absolute atomic E-state index is 0.0527. The van der Waals surface area contributed by atoms with Gasteiger partial charge in [-0.2, -0.15) is 22.4 Å². The molecule has 4 N–H and O–H groups in total. The van der Waals surface area contributed by atoms with Gasteiger partial charge in [0.15, 0.2) is 11.4 Å². The zero-order valence-corrected chi connectivity index (χ0v) is 27.4. The average Bonchev–Trinajstić information content (AvgIpc) is 3.78. The SMILES string of the molecule is CC(C)(O)C1CCC(Nc2cc(Nc3ccnc(-c4cnn(S(=O)(=O)C5CC5)c4)n3)ncc2-c2ccc(C(C)(O)C(F)(F)F)cn2)CC1. The Morgan fingerprint density at radius 1 is 0.896 bits per heavy atom. The number of rotatable bonds is 10. The molecule has 0 bridgehead atoms. The Morgan fingerprint density at radius 2 is 1.62 bits per heavy atom. The summed E-state index contributed by atoms with van der Waals surface area (Å²) in [5.74, 6) is 1.20. The van der Waals surface area contributed by atoms with Gasteiger partial charge in [-0.25, -0.2) is 23.4 Å². The van der Waals surface area contributed by atoms with Crippen molar-refractivity contribution in [2.45, 2.75) is 88.0 Å². The summed E-state index contributed by atoms with van der Waals surface area (Å²) in [6.07, 6.45) is 6.41. The first-order valence-electron chi connectivity index (χ1n) is 15.7. The number of pyridine rings is 2. The standard InChI is InChI=1S/C32H37F3N8O4S/c1-30(2,44)20-4-7-22(8-5-20)40-26-14-28(38-17-24(26)25-11-6-21(16-37-25)31(3,45)32(33,34)35)41-27-12-13-36-29(42-27)19-15-39-43(18-19)48(46,47)23-9-10-23/h6,11-18,20,22-23,44-45H,4-5,7-10H2,1-3H3,(H2,36,38,40,41,42). The number of hydrogen-bond donors (Lipinski definition) is 4. The van der Waals surface area contributed by atoms with Crippen molar-refractivity contribution in [2.24, 2.45) is 5.92 Å². The highest BCUT2D eigenvalue weighted by atomic mass is 32.2. The van der Waals surface area contributed by atoms with Crippen LogP contribution in [-0.4, -0.2) is 70.8 Å². The highest BCUT2D eigenvalue weighted by molar-refractivity contribution is 7.90. The van der Waals surface area contributed by atoms with E-state index in [9.17, 15) is 31.8 Å². The molecule has 256 valence electrons. The van der Waals surface area contributed by atoms with Crippen molar-refractivity contribution < 1.29 is 31.8 Å². The van der Waals surface area contributed by atoms with Gasteiger partial charge in [-0.05, 0) is 77.3 Å². The third kappa shape index (κ3) is 7.00. The first kappa shape index (κ1) is 33.7. The first-order chi connectivity index (χ1) is 22.5. The van der Waals surface area contributed by atoms with E-state index in [2.05, 4.69) is 35.7 Å². The maximum absolute atomic E-state index is 13.4. The van der Waals surface area contributed by atoms with E-state index < -0.39 is 32.7 Å². The maximum atomic E-state index is 13.4. The lowest BCUT2D eigenvalue weighted by molar-refractivity contribution is -0.259. The number of nitrogens with one attached hydrogen (secondary N) is 2. The minimum Gasteiger partial charge on any atom is -0.390 e. The number of alkyl halides is 3. The molecule has 2 aliphatic rings. The molecule has 2 saturated carbocycles. The van der Waals surface area contributed by atoms with E-state index in [0.29, 0.717) is 53.9 Å². The lowest BCUT2D eigenvalue weighted by atomic mass is 9.77. The summed E-state index contributed by atoms with van der Waals surface area (Å²) in [4.78, 5) is 17.6. The molecular weight excluding hydrogens is 649 g/mol. The Hall–Kier alpha value is -4.15. The van der Waals surface area contributed by atoms with Crippen LogP contribution < -0.4 is 10.6 Å². The molecule has 0 aliphatic heterocycles. The molecule has 1 atom stereocenters. The number of halogens is 3. The van der Waals surface area contributed by atoms with Crippen LogP contribution in [0.1, 0.15) is 64.9 Å². The lowest BCUT2D eigenvalue weighted by Crippen LogP contribution is -2.39. The van der Waals surface area contributed by atoms with Gasteiger partial charge in [-0.15, -0.1) is 0 Å². The minimum atomic E-state index is -4.88. The average molecular weight is 687 g/mol. The number of nitrogens with zero attached hydrogens (tertiary/aromatic N) is 6. The van der Waals surface area contributed by atoms with Crippen molar-refractivity contribution in [3.63, 3.8) is 0 Å². The Balaban J connectivity index is 1.27. The third-order valence-electron chi connectivity index (χ3n) is 9.08. The van der Waals surface area contributed by atoms with Gasteiger partial charge in [0.25, 0.3) is 10.0 Å². The second-order valence-corrected chi connectivity index (χ2v) is 15.3. The van der Waals surface area contributed by atoms with Crippen LogP contribution in [0.3, 0.4) is 0 Å². The number of aliphatic hydroxyl groups is 2. The lowest BCUT2D eigenvalue weighted by Gasteiger charge is -2.36. The van der Waals surface area contributed by atoms with Crippen LogP contribution in [0.15, 0.2) is 55.2 Å². The Morgan fingerprint density at radius 3 is 2.25 bits per heavy atom. The highest BCUT2D eigenvalue weighted by Crippen LogP contribution is 2.40. The molecule has 48 heavy (non-hydrogen) atoms. The summed E-state index contributed by atoms with van der Waals surface area (Å²) in [7, 11) is -3.55. The van der Waals surface area contributed by atoms with E-state index >= 15 is 0 Å². The van der Waals surface area contributed by atoms with Gasteiger partial charge in [0, 0.05) is 47.5 Å². The topological polar surface area (TPSA) is 168 Å². The van der Waals surface area contributed by atoms with E-state index in [1.165, 1.54) is 30.7 Å². The van der Waals surface area contributed by atoms with Gasteiger partial charge in [0.2, 0.25) is 0 Å². The normalized spacial score (nSPS) is 20.2. The van der Waals surface area contributed by atoms with E-state index in [-0.39, 0.29) is 23.3 Å². The van der Waals surface area contributed by atoms with Gasteiger partial charge < -0.3 is 20.8 Å². The fraction of sp³-hybridized carbons (Fsp3) is 0.469. The summed E-state index contributed by atoms with van der Waals surface area (Å²) >= 11 is 0. The molecule has 0 aromatic carbocycles. The summed E-state index contributed by atoms with van der Waals surface area (Å²) in [5, 5.41) is 30.9. The number of hydrogen-bond acceptors (Lipinski definition) is 11. The second-order valence-electron chi connectivity index (χ2n) is 13.2. The molecular formula is C32H37F3N8O4S. The molecule has 2 fully saturated rings. The quantitative estimate of drug-likeness (QED) is 0.169. The van der Waals surface area contributed by atoms with Gasteiger partial charge in [0.05, 0.1) is 34.5 Å². The largest absolute Gasteiger partial charge is 0.421 e. The number of aromatic nitrogens is 6. The fourth-order valence-corrected chi connectivity index (χ4v) is 7.27. The van der Waals surface area contributed by atoms with Crippen LogP contribution in [0.25, 0.3) is 22.6 Å². The van der Waals surface area contributed by atoms with Crippen molar-refractivity contribution in [2.75, 3.05) is 10.6 Å². The molecule has 4 aromatic rings. The van der Waals surface area contributed by atoms with Crippen LogP contribution in [0.5, 0.6) is 0 Å². The summed E-state index contributed by atoms with van der Waals surface area (Å²) in [6, 6.07) is 6.04. The zero-order chi connectivity index (χ0) is 34.5. The predicted octanol–water partition coefficient (Wildman–Crippen LogP) is 5.39. The Labute approximate surface area is 275 Å². The summed E-state index contributed by atoms with van der Waals surface area (Å²) in [5.41, 5.74) is -2.29. The molecule has 4 aromatic heterocycles. The maximum Gasteiger partial charge on any atom is 0.421 e. The van der Waals surface area contributed by atoms with Crippen molar-refractivity contribution in [3.8, 4) is 22.6 Å². The Bertz CT molecular complexity index is 1880. The van der Waals surface area contributed by atoms with Crippen LogP contribution in [0.2, 0.25) is 0 Å². The molecule has 2 aliphatic carbocycles. The molecule has 6 rings (SSSR count). The molecule has 0 amide bonds. The molecule has 0 radical (unpaired) electrons. The number of anilines is 3. The smallest absolute Gasteiger partial charge is 0.390 e. The van der Waals surface area contributed by atoms with Gasteiger partial charge in [-0.1, -0.05) is 6.07 Å². The van der Waals surface area contributed by atoms with Gasteiger partial charge in [-0.3, -0.25) is 4.98 Å². The van der Waals surface area contributed by atoms with E-state index in [4.69, 9.17) is 0 Å². The van der Waals surface area contributed by atoms with E-state index in [1.54, 1.807) is 18.3 Å². The predicted molar refractivity (Wildman–Crippen MR) is 173 cm³/mol. The monoisotopic (exact) mass is 686 g/mol. The fourth-order valence-electron chi connectivity index (χ4n) is 5.79. The second kappa shape index (κ2) is 12.4. The van der Waals surface area contributed by atoms with E-state index in [0.717, 1.165) is 36.0 Å². The third-order valence-corrected chi connectivity index (χ3v) is 11.1. The van der Waals surface area contributed by atoms with Crippen LogP contribution >= 0.6 is 0 Å². The molecule has 12 nitrogen and oxygen atoms in total. The molecule has 0 saturated heterocycles. The van der Waals surface area contributed by atoms with Gasteiger partial charge in [0.1, 0.15) is 11.6 Å². The van der Waals surface area contributed by atoms with Crippen molar-refractivity contribution >= 4 is 27.3 Å². The highest BCUT2D eigenvalue weighted by Gasteiger charge is 2.51. The molecule has 1 unspecified atom stereocenters. The Kier molecular flexibility index (Phi) is 8.70. The molecule has 0 spiro atoms. The van der Waals surface area contributed by atoms with Crippen molar-refractivity contribution in [3.05, 3.63) is 60.8 Å². The molecule has 4 heterocycles. The van der Waals surface area contributed by atoms with E-state index in [1.807, 2.05) is 13.8 Å². The summed E-state index contributed by atoms with van der Waals surface area (Å²) < 4.78 is 66.4. The molecule has 16 heteroatoms. The summed E-state index contributed by atoms with van der Waals surface area (Å²) in [6.45, 7) is 4.32. The zero-order valence-electron chi connectivity index (χ0n) is 26.6. The van der Waals surface area contributed by atoms with Crippen LogP contribution in [0, 0.1) is 5.92 Å².